The van der Waals surface area contributed by atoms with Gasteiger partial charge in [-0.25, -0.2) is 0 Å². The van der Waals surface area contributed by atoms with Gasteiger partial charge in [0.25, 0.3) is 5.92 Å². The lowest BCUT2D eigenvalue weighted by atomic mass is 10.2. The van der Waals surface area contributed by atoms with Crippen molar-refractivity contribution < 1.29 is 18.3 Å². The number of rotatable bonds is 6. The Morgan fingerprint density at radius 1 is 1.68 bits per heavy atom. The standard InChI is InChI=1S/C12H14F2N2O2S/c1-5-19-8(2)9-6-10(12(3,13)14)15-16(9)7-11(17)18-4/h5-6H,1-2,7H2,3-4H3. The molecule has 0 bridgehead atoms. The number of hydrogen-bond acceptors (Lipinski definition) is 4. The molecular formula is C12H14F2N2O2S. The van der Waals surface area contributed by atoms with Crippen molar-refractivity contribution in [3.63, 3.8) is 0 Å². The van der Waals surface area contributed by atoms with E-state index in [0.717, 1.165) is 11.6 Å². The van der Waals surface area contributed by atoms with Crippen LogP contribution in [0.5, 0.6) is 0 Å². The van der Waals surface area contributed by atoms with Gasteiger partial charge in [-0.3, -0.25) is 9.48 Å². The predicted molar refractivity (Wildman–Crippen MR) is 70.6 cm³/mol. The molecule has 104 valence electrons. The monoisotopic (exact) mass is 288 g/mol. The number of hydrogen-bond donors (Lipinski definition) is 0. The van der Waals surface area contributed by atoms with Crippen molar-refractivity contribution in [2.24, 2.45) is 0 Å². The van der Waals surface area contributed by atoms with Crippen LogP contribution in [-0.4, -0.2) is 22.9 Å². The van der Waals surface area contributed by atoms with Crippen LogP contribution in [0.2, 0.25) is 0 Å². The third kappa shape index (κ3) is 3.92. The average Bonchev–Trinajstić information content (AvgIpc) is 2.73. The maximum absolute atomic E-state index is 13.3. The molecule has 1 aromatic heterocycles. The van der Waals surface area contributed by atoms with Crippen molar-refractivity contribution in [1.82, 2.24) is 9.78 Å². The summed E-state index contributed by atoms with van der Waals surface area (Å²) in [5.41, 5.74) is -0.0796. The Hall–Kier alpha value is -1.63. The first-order chi connectivity index (χ1) is 8.79. The smallest absolute Gasteiger partial charge is 0.327 e. The van der Waals surface area contributed by atoms with Gasteiger partial charge in [-0.05, 0) is 11.5 Å². The Kier molecular flexibility index (Phi) is 4.88. The summed E-state index contributed by atoms with van der Waals surface area (Å²) in [7, 11) is 1.22. The Morgan fingerprint density at radius 3 is 2.79 bits per heavy atom. The van der Waals surface area contributed by atoms with Gasteiger partial charge in [0.1, 0.15) is 12.2 Å². The number of esters is 1. The Morgan fingerprint density at radius 2 is 2.32 bits per heavy atom. The maximum atomic E-state index is 13.3. The van der Waals surface area contributed by atoms with E-state index in [1.54, 1.807) is 0 Å². The van der Waals surface area contributed by atoms with E-state index >= 15 is 0 Å². The predicted octanol–water partition coefficient (Wildman–Crippen LogP) is 3.02. The van der Waals surface area contributed by atoms with Crippen molar-refractivity contribution in [3.8, 4) is 0 Å². The first kappa shape index (κ1) is 15.4. The van der Waals surface area contributed by atoms with Crippen LogP contribution in [0, 0.1) is 0 Å². The summed E-state index contributed by atoms with van der Waals surface area (Å²) in [6.45, 7) is 7.75. The van der Waals surface area contributed by atoms with Crippen LogP contribution in [0.25, 0.3) is 4.91 Å². The van der Waals surface area contributed by atoms with Gasteiger partial charge in [0.2, 0.25) is 0 Å². The minimum absolute atomic E-state index is 0.251. The molecule has 1 heterocycles. The first-order valence-corrected chi connectivity index (χ1v) is 6.17. The van der Waals surface area contributed by atoms with Crippen molar-refractivity contribution >= 4 is 22.6 Å². The lowest BCUT2D eigenvalue weighted by Crippen LogP contribution is -2.16. The first-order valence-electron chi connectivity index (χ1n) is 5.29. The zero-order valence-electron chi connectivity index (χ0n) is 10.7. The number of alkyl halides is 2. The van der Waals surface area contributed by atoms with E-state index in [2.05, 4.69) is 23.0 Å². The van der Waals surface area contributed by atoms with Gasteiger partial charge in [0, 0.05) is 11.8 Å². The van der Waals surface area contributed by atoms with Crippen molar-refractivity contribution in [1.29, 1.82) is 0 Å². The second-order valence-electron chi connectivity index (χ2n) is 3.74. The summed E-state index contributed by atoms with van der Waals surface area (Å²) in [6.07, 6.45) is 0. The molecule has 0 spiro atoms. The van der Waals surface area contributed by atoms with Gasteiger partial charge < -0.3 is 4.74 Å². The summed E-state index contributed by atoms with van der Waals surface area (Å²) in [4.78, 5) is 11.7. The molecule has 0 atom stereocenters. The molecular weight excluding hydrogens is 274 g/mol. The van der Waals surface area contributed by atoms with Crippen molar-refractivity contribution in [2.45, 2.75) is 19.4 Å². The number of methoxy groups -OCH3 is 1. The van der Waals surface area contributed by atoms with Crippen LogP contribution in [0.15, 0.2) is 24.6 Å². The normalized spacial score (nSPS) is 11.2. The third-order valence-corrected chi connectivity index (χ3v) is 2.91. The highest BCUT2D eigenvalue weighted by Crippen LogP contribution is 2.32. The highest BCUT2D eigenvalue weighted by molar-refractivity contribution is 8.10. The minimum atomic E-state index is -3.09. The maximum Gasteiger partial charge on any atom is 0.327 e. The summed E-state index contributed by atoms with van der Waals surface area (Å²) in [6, 6.07) is 1.21. The molecule has 0 saturated heterocycles. The SMILES string of the molecule is C=CSC(=C)c1cc(C(C)(F)F)nn1CC(=O)OC. The molecule has 0 radical (unpaired) electrons. The van der Waals surface area contributed by atoms with Crippen molar-refractivity contribution in [2.75, 3.05) is 7.11 Å². The molecule has 0 amide bonds. The Balaban J connectivity index is 3.18. The third-order valence-electron chi connectivity index (χ3n) is 2.25. The second-order valence-corrected chi connectivity index (χ2v) is 4.81. The molecule has 1 rings (SSSR count). The van der Waals surface area contributed by atoms with E-state index in [9.17, 15) is 13.6 Å². The van der Waals surface area contributed by atoms with Crippen LogP contribution < -0.4 is 0 Å². The van der Waals surface area contributed by atoms with E-state index in [1.165, 1.54) is 30.3 Å². The molecule has 4 nitrogen and oxygen atoms in total. The van der Waals surface area contributed by atoms with E-state index in [0.29, 0.717) is 10.6 Å². The van der Waals surface area contributed by atoms with Crippen molar-refractivity contribution in [3.05, 3.63) is 36.0 Å². The number of nitrogens with zero attached hydrogens (tertiary/aromatic N) is 2. The zero-order chi connectivity index (χ0) is 14.6. The number of carbonyl (C=O) groups is 1. The highest BCUT2D eigenvalue weighted by Gasteiger charge is 2.30. The van der Waals surface area contributed by atoms with E-state index in [1.807, 2.05) is 0 Å². The molecule has 0 saturated carbocycles. The van der Waals surface area contributed by atoms with Gasteiger partial charge in [-0.1, -0.05) is 24.9 Å². The van der Waals surface area contributed by atoms with Gasteiger partial charge >= 0.3 is 5.97 Å². The fraction of sp³-hybridized carbons (Fsp3) is 0.333. The summed E-state index contributed by atoms with van der Waals surface area (Å²) >= 11 is 1.17. The zero-order valence-corrected chi connectivity index (χ0v) is 11.5. The molecule has 0 aliphatic heterocycles. The number of aromatic nitrogens is 2. The molecule has 0 fully saturated rings. The Labute approximate surface area is 114 Å². The summed E-state index contributed by atoms with van der Waals surface area (Å²) in [5, 5.41) is 5.25. The van der Waals surface area contributed by atoms with Crippen LogP contribution >= 0.6 is 11.8 Å². The number of thioether (sulfide) groups is 1. The van der Waals surface area contributed by atoms with Gasteiger partial charge in [0.05, 0.1) is 12.8 Å². The fourth-order valence-corrected chi connectivity index (χ4v) is 1.81. The quantitative estimate of drug-likeness (QED) is 0.755. The second kappa shape index (κ2) is 6.01. The Bertz CT molecular complexity index is 506. The van der Waals surface area contributed by atoms with Crippen LogP contribution in [0.1, 0.15) is 18.3 Å². The number of carbonyl (C=O) groups excluding carboxylic acids is 1. The summed E-state index contributed by atoms with van der Waals surface area (Å²) in [5.74, 6) is -3.67. The van der Waals surface area contributed by atoms with E-state index in [4.69, 9.17) is 0 Å². The summed E-state index contributed by atoms with van der Waals surface area (Å²) < 4.78 is 32.2. The fourth-order valence-electron chi connectivity index (χ4n) is 1.32. The molecule has 1 aromatic rings. The minimum Gasteiger partial charge on any atom is -0.468 e. The molecule has 19 heavy (non-hydrogen) atoms. The van der Waals surface area contributed by atoms with Gasteiger partial charge in [-0.2, -0.15) is 13.9 Å². The molecule has 0 N–H and O–H groups in total. The highest BCUT2D eigenvalue weighted by atomic mass is 32.2. The van der Waals surface area contributed by atoms with E-state index < -0.39 is 17.6 Å². The van der Waals surface area contributed by atoms with Crippen LogP contribution in [0.3, 0.4) is 0 Å². The topological polar surface area (TPSA) is 44.1 Å². The van der Waals surface area contributed by atoms with Crippen LogP contribution in [0.4, 0.5) is 8.78 Å². The molecule has 7 heteroatoms. The van der Waals surface area contributed by atoms with Gasteiger partial charge in [0.15, 0.2) is 0 Å². The number of ether oxygens (including phenoxy) is 1. The lowest BCUT2D eigenvalue weighted by Gasteiger charge is -2.06. The lowest BCUT2D eigenvalue weighted by molar-refractivity contribution is -0.141. The largest absolute Gasteiger partial charge is 0.468 e. The average molecular weight is 288 g/mol. The molecule has 0 aliphatic rings. The van der Waals surface area contributed by atoms with Gasteiger partial charge in [-0.15, -0.1) is 0 Å². The molecule has 0 unspecified atom stereocenters. The molecule has 0 aromatic carbocycles. The number of halogens is 2. The molecule has 0 aliphatic carbocycles. The van der Waals surface area contributed by atoms with E-state index in [-0.39, 0.29) is 6.54 Å². The van der Waals surface area contributed by atoms with Crippen LogP contribution in [-0.2, 0) is 22.0 Å².